The van der Waals surface area contributed by atoms with E-state index in [2.05, 4.69) is 15.3 Å². The van der Waals surface area contributed by atoms with Gasteiger partial charge < -0.3 is 5.32 Å². The van der Waals surface area contributed by atoms with Crippen LogP contribution in [0.4, 0.5) is 15.9 Å². The Morgan fingerprint density at radius 3 is 2.80 bits per heavy atom. The monoisotopic (exact) mass is 276 g/mol. The molecule has 0 radical (unpaired) electrons. The molecule has 0 spiro atoms. The normalized spacial score (nSPS) is 10.3. The molecule has 0 aliphatic heterocycles. The van der Waals surface area contributed by atoms with E-state index in [1.807, 2.05) is 6.92 Å². The molecule has 0 aliphatic rings. The standard InChI is InChI=1S/C13H13FN4O2/c1-2-3-16-13-6-11(18(19)20)5-12(17-13)9-4-10(14)8-15-7-9/h4-8H,2-3H2,1H3,(H,16,17). The Bertz CT molecular complexity index is 634. The predicted molar refractivity (Wildman–Crippen MR) is 72.9 cm³/mol. The van der Waals surface area contributed by atoms with Gasteiger partial charge in [0.05, 0.1) is 22.9 Å². The van der Waals surface area contributed by atoms with E-state index < -0.39 is 10.7 Å². The zero-order chi connectivity index (χ0) is 14.5. The number of nitrogens with zero attached hydrogens (tertiary/aromatic N) is 3. The third kappa shape index (κ3) is 3.25. The van der Waals surface area contributed by atoms with Crippen molar-refractivity contribution in [1.29, 1.82) is 0 Å². The molecular weight excluding hydrogens is 263 g/mol. The minimum Gasteiger partial charge on any atom is -0.370 e. The van der Waals surface area contributed by atoms with E-state index in [0.29, 0.717) is 23.6 Å². The molecule has 0 unspecified atom stereocenters. The second-order valence-corrected chi connectivity index (χ2v) is 4.17. The van der Waals surface area contributed by atoms with E-state index in [9.17, 15) is 14.5 Å². The van der Waals surface area contributed by atoms with Crippen molar-refractivity contribution in [2.45, 2.75) is 13.3 Å². The van der Waals surface area contributed by atoms with Crippen LogP contribution in [0.2, 0.25) is 0 Å². The van der Waals surface area contributed by atoms with Crippen molar-refractivity contribution in [2.24, 2.45) is 0 Å². The van der Waals surface area contributed by atoms with E-state index in [1.54, 1.807) is 0 Å². The number of rotatable bonds is 5. The van der Waals surface area contributed by atoms with E-state index in [4.69, 9.17) is 0 Å². The Labute approximate surface area is 114 Å². The minimum atomic E-state index is -0.515. The number of aromatic nitrogens is 2. The van der Waals surface area contributed by atoms with Crippen LogP contribution in [0.15, 0.2) is 30.6 Å². The van der Waals surface area contributed by atoms with Gasteiger partial charge in [-0.05, 0) is 12.5 Å². The number of anilines is 1. The molecule has 2 aromatic rings. The van der Waals surface area contributed by atoms with E-state index >= 15 is 0 Å². The van der Waals surface area contributed by atoms with Crippen molar-refractivity contribution in [1.82, 2.24) is 9.97 Å². The average Bonchev–Trinajstić information content (AvgIpc) is 2.44. The van der Waals surface area contributed by atoms with E-state index in [-0.39, 0.29) is 5.69 Å². The number of pyridine rings is 2. The highest BCUT2D eigenvalue weighted by atomic mass is 19.1. The lowest BCUT2D eigenvalue weighted by molar-refractivity contribution is -0.384. The fourth-order valence-corrected chi connectivity index (χ4v) is 1.67. The summed E-state index contributed by atoms with van der Waals surface area (Å²) in [5, 5.41) is 13.9. The van der Waals surface area contributed by atoms with Gasteiger partial charge in [0.25, 0.3) is 5.69 Å². The van der Waals surface area contributed by atoms with Crippen LogP contribution in [0.5, 0.6) is 0 Å². The summed E-state index contributed by atoms with van der Waals surface area (Å²) in [5.74, 6) is -0.126. The predicted octanol–water partition coefficient (Wildman–Crippen LogP) is 3.01. The zero-order valence-corrected chi connectivity index (χ0v) is 10.8. The summed E-state index contributed by atoms with van der Waals surface area (Å²) < 4.78 is 13.2. The highest BCUT2D eigenvalue weighted by molar-refractivity contribution is 5.64. The summed E-state index contributed by atoms with van der Waals surface area (Å²) >= 11 is 0. The second-order valence-electron chi connectivity index (χ2n) is 4.17. The number of hydrogen-bond donors (Lipinski definition) is 1. The minimum absolute atomic E-state index is 0.0992. The molecule has 0 saturated heterocycles. The Kier molecular flexibility index (Phi) is 4.19. The Morgan fingerprint density at radius 2 is 2.15 bits per heavy atom. The van der Waals surface area contributed by atoms with Gasteiger partial charge in [-0.1, -0.05) is 6.92 Å². The molecule has 0 amide bonds. The molecule has 0 fully saturated rings. The van der Waals surface area contributed by atoms with Gasteiger partial charge in [-0.25, -0.2) is 9.37 Å². The van der Waals surface area contributed by atoms with E-state index in [1.165, 1.54) is 24.4 Å². The maximum atomic E-state index is 13.2. The van der Waals surface area contributed by atoms with Crippen LogP contribution in [0, 0.1) is 15.9 Å². The maximum absolute atomic E-state index is 13.2. The summed E-state index contributed by atoms with van der Waals surface area (Å²) in [6.45, 7) is 2.62. The van der Waals surface area contributed by atoms with Gasteiger partial charge in [-0.3, -0.25) is 15.1 Å². The van der Waals surface area contributed by atoms with Crippen LogP contribution in [-0.4, -0.2) is 21.4 Å². The summed E-state index contributed by atoms with van der Waals surface area (Å²) in [4.78, 5) is 18.4. The number of nitro groups is 1. The van der Waals surface area contributed by atoms with Crippen molar-refractivity contribution >= 4 is 11.5 Å². The molecule has 0 aromatic carbocycles. The summed E-state index contributed by atoms with van der Waals surface area (Å²) in [5.41, 5.74) is 0.607. The van der Waals surface area contributed by atoms with Crippen molar-refractivity contribution < 1.29 is 9.31 Å². The third-order valence-electron chi connectivity index (χ3n) is 2.58. The molecule has 104 valence electrons. The molecule has 0 aliphatic carbocycles. The molecule has 20 heavy (non-hydrogen) atoms. The van der Waals surface area contributed by atoms with E-state index in [0.717, 1.165) is 12.6 Å². The Morgan fingerprint density at radius 1 is 1.35 bits per heavy atom. The quantitative estimate of drug-likeness (QED) is 0.670. The molecule has 0 atom stereocenters. The molecular formula is C13H13FN4O2. The number of hydrogen-bond acceptors (Lipinski definition) is 5. The average molecular weight is 276 g/mol. The highest BCUT2D eigenvalue weighted by Crippen LogP contribution is 2.25. The third-order valence-corrected chi connectivity index (χ3v) is 2.58. The van der Waals surface area contributed by atoms with Crippen molar-refractivity contribution in [2.75, 3.05) is 11.9 Å². The first-order valence-electron chi connectivity index (χ1n) is 6.11. The topological polar surface area (TPSA) is 81.0 Å². The SMILES string of the molecule is CCCNc1cc([N+](=O)[O-])cc(-c2cncc(F)c2)n1. The van der Waals surface area contributed by atoms with Crippen LogP contribution in [0.25, 0.3) is 11.3 Å². The second kappa shape index (κ2) is 6.05. The van der Waals surface area contributed by atoms with Crippen molar-refractivity contribution in [3.05, 3.63) is 46.5 Å². The van der Waals surface area contributed by atoms with Gasteiger partial charge in [-0.15, -0.1) is 0 Å². The first-order chi connectivity index (χ1) is 9.60. The lowest BCUT2D eigenvalue weighted by atomic mass is 10.2. The summed E-state index contributed by atoms with van der Waals surface area (Å²) in [6, 6.07) is 3.89. The fourth-order valence-electron chi connectivity index (χ4n) is 1.67. The van der Waals surface area contributed by atoms with Crippen LogP contribution in [-0.2, 0) is 0 Å². The molecule has 0 bridgehead atoms. The van der Waals surface area contributed by atoms with Crippen molar-refractivity contribution in [3.8, 4) is 11.3 Å². The zero-order valence-electron chi connectivity index (χ0n) is 10.8. The van der Waals surface area contributed by atoms with Gasteiger partial charge in [0.1, 0.15) is 11.6 Å². The van der Waals surface area contributed by atoms with Gasteiger partial charge in [-0.2, -0.15) is 0 Å². The fraction of sp³-hybridized carbons (Fsp3) is 0.231. The van der Waals surface area contributed by atoms with Gasteiger partial charge in [0.2, 0.25) is 0 Å². The van der Waals surface area contributed by atoms with Gasteiger partial charge >= 0.3 is 0 Å². The Hall–Kier alpha value is -2.57. The first kappa shape index (κ1) is 13.9. The maximum Gasteiger partial charge on any atom is 0.275 e. The summed E-state index contributed by atoms with van der Waals surface area (Å²) in [6.07, 6.45) is 3.34. The van der Waals surface area contributed by atoms with Crippen LogP contribution in [0.1, 0.15) is 13.3 Å². The molecule has 2 aromatic heterocycles. The molecule has 6 nitrogen and oxygen atoms in total. The lowest BCUT2D eigenvalue weighted by Gasteiger charge is -2.07. The molecule has 7 heteroatoms. The van der Waals surface area contributed by atoms with Crippen LogP contribution >= 0.6 is 0 Å². The smallest absolute Gasteiger partial charge is 0.275 e. The molecule has 1 N–H and O–H groups in total. The first-order valence-corrected chi connectivity index (χ1v) is 6.11. The van der Waals surface area contributed by atoms with Crippen molar-refractivity contribution in [3.63, 3.8) is 0 Å². The van der Waals surface area contributed by atoms with Crippen LogP contribution < -0.4 is 5.32 Å². The van der Waals surface area contributed by atoms with Gasteiger partial charge in [0, 0.05) is 24.4 Å². The van der Waals surface area contributed by atoms with Gasteiger partial charge in [0.15, 0.2) is 0 Å². The number of nitrogens with one attached hydrogen (secondary N) is 1. The lowest BCUT2D eigenvalue weighted by Crippen LogP contribution is -2.03. The highest BCUT2D eigenvalue weighted by Gasteiger charge is 2.13. The largest absolute Gasteiger partial charge is 0.370 e. The van der Waals surface area contributed by atoms with Crippen LogP contribution in [0.3, 0.4) is 0 Å². The summed E-state index contributed by atoms with van der Waals surface area (Å²) in [7, 11) is 0. The molecule has 2 heterocycles. The Balaban J connectivity index is 2.46. The molecule has 0 saturated carbocycles. The molecule has 2 rings (SSSR count). The number of halogens is 1.